The van der Waals surface area contributed by atoms with Gasteiger partial charge in [-0.3, -0.25) is 0 Å². The molecule has 0 saturated carbocycles. The van der Waals surface area contributed by atoms with Gasteiger partial charge in [0.25, 0.3) is 0 Å². The molecule has 3 aromatic rings. The number of ether oxygens (including phenoxy) is 1. The predicted octanol–water partition coefficient (Wildman–Crippen LogP) is 3.05. The Bertz CT molecular complexity index is 733. The Morgan fingerprint density at radius 1 is 1.05 bits per heavy atom. The van der Waals surface area contributed by atoms with Gasteiger partial charge in [0.2, 0.25) is 0 Å². The lowest BCUT2D eigenvalue weighted by Crippen LogP contribution is -2.09. The summed E-state index contributed by atoms with van der Waals surface area (Å²) in [5.74, 6) is 0.847. The molecule has 1 heterocycles. The van der Waals surface area contributed by atoms with Crippen molar-refractivity contribution in [2.75, 3.05) is 13.7 Å². The van der Waals surface area contributed by atoms with Gasteiger partial charge >= 0.3 is 0 Å². The minimum absolute atomic E-state index is 0.585. The topological polar surface area (TPSA) is 53.1 Å². The van der Waals surface area contributed by atoms with Crippen molar-refractivity contribution in [3.8, 4) is 22.6 Å². The molecule has 0 atom stereocenters. The molecule has 0 spiro atoms. The van der Waals surface area contributed by atoms with Crippen LogP contribution in [-0.4, -0.2) is 23.4 Å². The highest BCUT2D eigenvalue weighted by atomic mass is 16.5. The first-order valence-electron chi connectivity index (χ1n) is 7.30. The molecule has 4 heteroatoms. The van der Waals surface area contributed by atoms with E-state index in [-0.39, 0.29) is 0 Å². The number of nitrogens with two attached hydrogens (primary N) is 1. The molecule has 0 aliphatic carbocycles. The maximum absolute atomic E-state index is 5.80. The van der Waals surface area contributed by atoms with Gasteiger partial charge in [-0.2, -0.15) is 5.10 Å². The third kappa shape index (κ3) is 2.73. The van der Waals surface area contributed by atoms with Gasteiger partial charge in [0.15, 0.2) is 0 Å². The second-order valence-electron chi connectivity index (χ2n) is 5.02. The zero-order valence-corrected chi connectivity index (χ0v) is 12.6. The van der Waals surface area contributed by atoms with Crippen molar-refractivity contribution in [2.24, 2.45) is 5.73 Å². The number of nitrogens with zero attached hydrogens (tertiary/aromatic N) is 2. The average molecular weight is 293 g/mol. The van der Waals surface area contributed by atoms with Gasteiger partial charge in [-0.1, -0.05) is 30.3 Å². The van der Waals surface area contributed by atoms with Crippen molar-refractivity contribution in [1.82, 2.24) is 9.78 Å². The average Bonchev–Trinajstić information content (AvgIpc) is 3.00. The van der Waals surface area contributed by atoms with Crippen LogP contribution in [0.1, 0.15) is 5.69 Å². The monoisotopic (exact) mass is 293 g/mol. The molecular formula is C18H19N3O. The molecule has 0 unspecified atom stereocenters. The number of benzene rings is 2. The summed E-state index contributed by atoms with van der Waals surface area (Å²) in [5, 5.41) is 4.55. The molecule has 1 aromatic heterocycles. The summed E-state index contributed by atoms with van der Waals surface area (Å²) >= 11 is 0. The minimum Gasteiger partial charge on any atom is -0.497 e. The van der Waals surface area contributed by atoms with E-state index >= 15 is 0 Å². The molecule has 112 valence electrons. The second-order valence-corrected chi connectivity index (χ2v) is 5.02. The quantitative estimate of drug-likeness (QED) is 0.786. The van der Waals surface area contributed by atoms with E-state index in [9.17, 15) is 0 Å². The maximum atomic E-state index is 5.80. The van der Waals surface area contributed by atoms with Gasteiger partial charge in [0, 0.05) is 12.0 Å². The van der Waals surface area contributed by atoms with Crippen molar-refractivity contribution in [1.29, 1.82) is 0 Å². The van der Waals surface area contributed by atoms with Crippen LogP contribution in [-0.2, 0) is 6.42 Å². The summed E-state index contributed by atoms with van der Waals surface area (Å²) in [4.78, 5) is 0. The molecule has 0 fully saturated rings. The van der Waals surface area contributed by atoms with E-state index in [1.165, 1.54) is 0 Å². The van der Waals surface area contributed by atoms with Crippen LogP contribution in [0.15, 0.2) is 60.8 Å². The Morgan fingerprint density at radius 3 is 2.41 bits per heavy atom. The number of aromatic nitrogens is 2. The summed E-state index contributed by atoms with van der Waals surface area (Å²) < 4.78 is 7.18. The summed E-state index contributed by atoms with van der Waals surface area (Å²) in [5.41, 5.74) is 10.2. The smallest absolute Gasteiger partial charge is 0.118 e. The molecule has 2 N–H and O–H groups in total. The van der Waals surface area contributed by atoms with Gasteiger partial charge in [-0.15, -0.1) is 0 Å². The highest BCUT2D eigenvalue weighted by Gasteiger charge is 2.13. The molecule has 2 aromatic carbocycles. The summed E-state index contributed by atoms with van der Waals surface area (Å²) in [6.07, 6.45) is 2.68. The standard InChI is InChI=1S/C18H19N3O/c1-22-16-9-7-14(8-10-16)17-13-20-21(18(17)11-12-19)15-5-3-2-4-6-15/h2-10,13H,11-12,19H2,1H3. The van der Waals surface area contributed by atoms with Gasteiger partial charge in [-0.05, 0) is 36.4 Å². The van der Waals surface area contributed by atoms with E-state index in [2.05, 4.69) is 5.10 Å². The molecule has 0 aliphatic heterocycles. The molecule has 0 aliphatic rings. The van der Waals surface area contributed by atoms with Crippen LogP contribution in [0.3, 0.4) is 0 Å². The van der Waals surface area contributed by atoms with Crippen molar-refractivity contribution in [3.63, 3.8) is 0 Å². The van der Waals surface area contributed by atoms with E-state index < -0.39 is 0 Å². The molecule has 4 nitrogen and oxygen atoms in total. The number of rotatable bonds is 5. The first-order valence-corrected chi connectivity index (χ1v) is 7.30. The molecule has 22 heavy (non-hydrogen) atoms. The normalized spacial score (nSPS) is 10.6. The van der Waals surface area contributed by atoms with Crippen LogP contribution in [0.5, 0.6) is 5.75 Å². The van der Waals surface area contributed by atoms with Gasteiger partial charge < -0.3 is 10.5 Å². The first kappa shape index (κ1) is 14.4. The van der Waals surface area contributed by atoms with Gasteiger partial charge in [-0.25, -0.2) is 4.68 Å². The molecule has 0 bridgehead atoms. The second kappa shape index (κ2) is 6.45. The maximum Gasteiger partial charge on any atom is 0.118 e. The van der Waals surface area contributed by atoms with Crippen molar-refractivity contribution >= 4 is 0 Å². The molecule has 0 radical (unpaired) electrons. The number of methoxy groups -OCH3 is 1. The van der Waals surface area contributed by atoms with E-state index in [1.807, 2.05) is 65.5 Å². The largest absolute Gasteiger partial charge is 0.497 e. The SMILES string of the molecule is COc1ccc(-c2cnn(-c3ccccc3)c2CCN)cc1. The first-order chi connectivity index (χ1) is 10.8. The highest BCUT2D eigenvalue weighted by Crippen LogP contribution is 2.27. The number of hydrogen-bond acceptors (Lipinski definition) is 3. The zero-order valence-electron chi connectivity index (χ0n) is 12.6. The summed E-state index contributed by atoms with van der Waals surface area (Å²) in [7, 11) is 1.67. The highest BCUT2D eigenvalue weighted by molar-refractivity contribution is 5.67. The van der Waals surface area contributed by atoms with E-state index in [1.54, 1.807) is 7.11 Å². The molecular weight excluding hydrogens is 274 g/mol. The lowest BCUT2D eigenvalue weighted by atomic mass is 10.0. The summed E-state index contributed by atoms with van der Waals surface area (Å²) in [6, 6.07) is 18.1. The zero-order chi connectivity index (χ0) is 15.4. The van der Waals surface area contributed by atoms with Crippen LogP contribution in [0.2, 0.25) is 0 Å². The third-order valence-electron chi connectivity index (χ3n) is 3.65. The number of para-hydroxylation sites is 1. The number of hydrogen-bond donors (Lipinski definition) is 1. The molecule has 3 rings (SSSR count). The lowest BCUT2D eigenvalue weighted by Gasteiger charge is -2.09. The van der Waals surface area contributed by atoms with Crippen molar-refractivity contribution < 1.29 is 4.74 Å². The Balaban J connectivity index is 2.06. The lowest BCUT2D eigenvalue weighted by molar-refractivity contribution is 0.415. The van der Waals surface area contributed by atoms with Crippen molar-refractivity contribution in [2.45, 2.75) is 6.42 Å². The fourth-order valence-corrected chi connectivity index (χ4v) is 2.55. The predicted molar refractivity (Wildman–Crippen MR) is 88.3 cm³/mol. The van der Waals surface area contributed by atoms with Crippen LogP contribution in [0.25, 0.3) is 16.8 Å². The van der Waals surface area contributed by atoms with Gasteiger partial charge in [0.1, 0.15) is 5.75 Å². The molecule has 0 amide bonds. The third-order valence-corrected chi connectivity index (χ3v) is 3.65. The Labute approximate surface area is 130 Å². The Kier molecular flexibility index (Phi) is 4.21. The molecule has 0 saturated heterocycles. The van der Waals surface area contributed by atoms with E-state index in [0.29, 0.717) is 6.54 Å². The van der Waals surface area contributed by atoms with Crippen LogP contribution in [0.4, 0.5) is 0 Å². The van der Waals surface area contributed by atoms with Crippen molar-refractivity contribution in [3.05, 3.63) is 66.5 Å². The van der Waals surface area contributed by atoms with E-state index in [4.69, 9.17) is 10.5 Å². The minimum atomic E-state index is 0.585. The summed E-state index contributed by atoms with van der Waals surface area (Å²) in [6.45, 7) is 0.585. The fourth-order valence-electron chi connectivity index (χ4n) is 2.55. The Morgan fingerprint density at radius 2 is 1.77 bits per heavy atom. The Hall–Kier alpha value is -2.59. The fraction of sp³-hybridized carbons (Fsp3) is 0.167. The van der Waals surface area contributed by atoms with Crippen LogP contribution >= 0.6 is 0 Å². The van der Waals surface area contributed by atoms with Crippen LogP contribution < -0.4 is 10.5 Å². The van der Waals surface area contributed by atoms with Gasteiger partial charge in [0.05, 0.1) is 24.7 Å². The van der Waals surface area contributed by atoms with Crippen LogP contribution in [0, 0.1) is 0 Å². The van der Waals surface area contributed by atoms with E-state index in [0.717, 1.165) is 34.7 Å².